The highest BCUT2D eigenvalue weighted by Gasteiger charge is 2.06. The van der Waals surface area contributed by atoms with E-state index < -0.39 is 0 Å². The van der Waals surface area contributed by atoms with Crippen LogP contribution < -0.4 is 0 Å². The van der Waals surface area contributed by atoms with E-state index in [9.17, 15) is 0 Å². The molecule has 0 aliphatic carbocycles. The van der Waals surface area contributed by atoms with Crippen molar-refractivity contribution in [3.8, 4) is 0 Å². The average molecular weight is 223 g/mol. The molecule has 66 valence electrons. The fourth-order valence-corrected chi connectivity index (χ4v) is 2.36. The number of nitrogens with zero attached hydrogens (tertiary/aromatic N) is 2. The molecule has 0 bridgehead atoms. The average Bonchev–Trinajstić information content (AvgIpc) is 2.30. The van der Waals surface area contributed by atoms with Gasteiger partial charge in [-0.2, -0.15) is 5.10 Å². The van der Waals surface area contributed by atoms with Gasteiger partial charge in [-0.15, -0.1) is 11.3 Å². The molecule has 0 unspecified atom stereocenters. The maximum atomic E-state index is 5.88. The van der Waals surface area contributed by atoms with Crippen LogP contribution in [0.4, 0.5) is 0 Å². The van der Waals surface area contributed by atoms with E-state index in [1.165, 1.54) is 11.3 Å². The van der Waals surface area contributed by atoms with Gasteiger partial charge in [0.25, 0.3) is 0 Å². The third-order valence-electron chi connectivity index (χ3n) is 1.34. The third kappa shape index (κ3) is 2.37. The second kappa shape index (κ2) is 4.12. The van der Waals surface area contributed by atoms with Crippen LogP contribution in [0.3, 0.4) is 0 Å². The third-order valence-corrected chi connectivity index (χ3v) is 3.04. The molecule has 12 heavy (non-hydrogen) atoms. The summed E-state index contributed by atoms with van der Waals surface area (Å²) in [7, 11) is 1.83. The van der Waals surface area contributed by atoms with E-state index in [0.29, 0.717) is 15.9 Å². The quantitative estimate of drug-likeness (QED) is 0.567. The molecule has 5 heteroatoms. The van der Waals surface area contributed by atoms with Gasteiger partial charge < -0.3 is 0 Å². The lowest BCUT2D eigenvalue weighted by atomic mass is 10.4. The number of thiophene rings is 1. The summed E-state index contributed by atoms with van der Waals surface area (Å²) in [5.41, 5.74) is 0. The second-order valence-electron chi connectivity index (χ2n) is 2.28. The minimum Gasteiger partial charge on any atom is -0.295 e. The molecule has 0 fully saturated rings. The summed E-state index contributed by atoms with van der Waals surface area (Å²) in [4.78, 5) is 1.01. The molecule has 0 N–H and O–H groups in total. The lowest BCUT2D eigenvalue weighted by molar-refractivity contribution is 0.353. The lowest BCUT2D eigenvalue weighted by Gasteiger charge is -2.09. The van der Waals surface area contributed by atoms with E-state index in [4.69, 9.17) is 23.2 Å². The van der Waals surface area contributed by atoms with Crippen LogP contribution >= 0.6 is 34.5 Å². The molecule has 1 aromatic rings. The van der Waals surface area contributed by atoms with Crippen LogP contribution in [-0.4, -0.2) is 18.8 Å². The van der Waals surface area contributed by atoms with Crippen molar-refractivity contribution in [1.82, 2.24) is 5.01 Å². The Bertz CT molecular complexity index is 285. The summed E-state index contributed by atoms with van der Waals surface area (Å²) in [6, 6.07) is 1.74. The Labute approximate surface area is 85.4 Å². The van der Waals surface area contributed by atoms with Gasteiger partial charge in [0.1, 0.15) is 0 Å². The summed E-state index contributed by atoms with van der Waals surface area (Å²) < 4.78 is 0.701. The summed E-state index contributed by atoms with van der Waals surface area (Å²) in [5, 5.41) is 6.12. The van der Waals surface area contributed by atoms with Crippen LogP contribution in [-0.2, 0) is 6.54 Å². The van der Waals surface area contributed by atoms with Crippen LogP contribution in [0.15, 0.2) is 11.2 Å². The zero-order valence-electron chi connectivity index (χ0n) is 6.55. The van der Waals surface area contributed by atoms with Crippen molar-refractivity contribution in [3.05, 3.63) is 20.3 Å². The van der Waals surface area contributed by atoms with Gasteiger partial charge >= 0.3 is 0 Å². The van der Waals surface area contributed by atoms with Crippen LogP contribution in [0.1, 0.15) is 4.88 Å². The largest absolute Gasteiger partial charge is 0.295 e. The molecule has 0 aliphatic rings. The van der Waals surface area contributed by atoms with E-state index in [1.54, 1.807) is 11.1 Å². The topological polar surface area (TPSA) is 15.6 Å². The molecule has 0 atom stereocenters. The smallest absolute Gasteiger partial charge is 0.0947 e. The van der Waals surface area contributed by atoms with Crippen LogP contribution in [0.2, 0.25) is 9.36 Å². The highest BCUT2D eigenvalue weighted by molar-refractivity contribution is 7.16. The highest BCUT2D eigenvalue weighted by atomic mass is 35.5. The van der Waals surface area contributed by atoms with Crippen LogP contribution in [0.25, 0.3) is 0 Å². The van der Waals surface area contributed by atoms with E-state index in [0.717, 1.165) is 4.88 Å². The first-order valence-corrected chi connectivity index (χ1v) is 4.82. The van der Waals surface area contributed by atoms with Crippen molar-refractivity contribution in [2.45, 2.75) is 6.54 Å². The standard InChI is InChI=1S/C7H8Cl2N2S/c1-10-11(2)4-6-5(8)3-7(9)12-6/h3H,1,4H2,2H3. The number of hydrogen-bond acceptors (Lipinski definition) is 3. The molecule has 0 amide bonds. The molecule has 0 saturated carbocycles. The number of rotatable bonds is 3. The van der Waals surface area contributed by atoms with Gasteiger partial charge in [-0.3, -0.25) is 5.01 Å². The zero-order valence-corrected chi connectivity index (χ0v) is 8.88. The van der Waals surface area contributed by atoms with E-state index in [1.807, 2.05) is 7.05 Å². The minimum atomic E-state index is 0.653. The van der Waals surface area contributed by atoms with Crippen molar-refractivity contribution >= 4 is 41.3 Å². The van der Waals surface area contributed by atoms with Gasteiger partial charge in [0, 0.05) is 18.6 Å². The Balaban J connectivity index is 2.74. The SMILES string of the molecule is C=NN(C)Cc1sc(Cl)cc1Cl. The maximum absolute atomic E-state index is 5.88. The van der Waals surface area contributed by atoms with Gasteiger partial charge in [-0.25, -0.2) is 0 Å². The normalized spacial score (nSPS) is 9.92. The molecular formula is C7H8Cl2N2S. The monoisotopic (exact) mass is 222 g/mol. The molecule has 0 aromatic carbocycles. The lowest BCUT2D eigenvalue weighted by Crippen LogP contribution is -2.08. The molecular weight excluding hydrogens is 215 g/mol. The van der Waals surface area contributed by atoms with Gasteiger partial charge in [0.15, 0.2) is 0 Å². The number of hydrazone groups is 1. The molecule has 2 nitrogen and oxygen atoms in total. The van der Waals surface area contributed by atoms with Crippen molar-refractivity contribution in [2.75, 3.05) is 7.05 Å². The van der Waals surface area contributed by atoms with E-state index in [-0.39, 0.29) is 0 Å². The number of hydrogen-bond donors (Lipinski definition) is 0. The summed E-state index contributed by atoms with van der Waals surface area (Å²) in [5.74, 6) is 0. The van der Waals surface area contributed by atoms with Gasteiger partial charge in [0.05, 0.1) is 15.9 Å². The Morgan fingerprint density at radius 2 is 2.33 bits per heavy atom. The predicted octanol–water partition coefficient (Wildman–Crippen LogP) is 3.10. The fraction of sp³-hybridized carbons (Fsp3) is 0.286. The predicted molar refractivity (Wildman–Crippen MR) is 55.4 cm³/mol. The first kappa shape index (κ1) is 9.84. The highest BCUT2D eigenvalue weighted by Crippen LogP contribution is 2.31. The summed E-state index contributed by atoms with van der Waals surface area (Å²) in [6.07, 6.45) is 0. The molecule has 0 aliphatic heterocycles. The zero-order chi connectivity index (χ0) is 9.14. The summed E-state index contributed by atoms with van der Waals surface area (Å²) >= 11 is 13.1. The first-order valence-electron chi connectivity index (χ1n) is 3.25. The summed E-state index contributed by atoms with van der Waals surface area (Å²) in [6.45, 7) is 4.05. The first-order chi connectivity index (χ1) is 5.63. The molecule has 1 rings (SSSR count). The van der Waals surface area contributed by atoms with E-state index in [2.05, 4.69) is 11.8 Å². The molecule has 0 radical (unpaired) electrons. The Morgan fingerprint density at radius 1 is 1.67 bits per heavy atom. The molecule has 0 spiro atoms. The van der Waals surface area contributed by atoms with Crippen molar-refractivity contribution < 1.29 is 0 Å². The molecule has 1 heterocycles. The Morgan fingerprint density at radius 3 is 2.75 bits per heavy atom. The molecule has 1 aromatic heterocycles. The van der Waals surface area contributed by atoms with E-state index >= 15 is 0 Å². The van der Waals surface area contributed by atoms with Gasteiger partial charge in [0.2, 0.25) is 0 Å². The fourth-order valence-electron chi connectivity index (χ4n) is 0.742. The van der Waals surface area contributed by atoms with Crippen molar-refractivity contribution in [2.24, 2.45) is 5.10 Å². The molecule has 0 saturated heterocycles. The van der Waals surface area contributed by atoms with Crippen LogP contribution in [0.5, 0.6) is 0 Å². The van der Waals surface area contributed by atoms with Gasteiger partial charge in [-0.1, -0.05) is 23.2 Å². The second-order valence-corrected chi connectivity index (χ2v) is 4.45. The Kier molecular flexibility index (Phi) is 3.38. The minimum absolute atomic E-state index is 0.653. The van der Waals surface area contributed by atoms with Gasteiger partial charge in [-0.05, 0) is 6.07 Å². The van der Waals surface area contributed by atoms with Crippen molar-refractivity contribution in [1.29, 1.82) is 0 Å². The van der Waals surface area contributed by atoms with Crippen molar-refractivity contribution in [3.63, 3.8) is 0 Å². The maximum Gasteiger partial charge on any atom is 0.0947 e. The Hall–Kier alpha value is -0.250. The van der Waals surface area contributed by atoms with Crippen LogP contribution in [0, 0.1) is 0 Å². The number of halogens is 2.